The number of hydrogen-bond donors (Lipinski definition) is 2. The Bertz CT molecular complexity index is 1060. The van der Waals surface area contributed by atoms with Gasteiger partial charge in [0.1, 0.15) is 11.4 Å². The number of carbonyl (C=O) groups excluding carboxylic acids is 3. The number of aryl methyl sites for hydroxylation is 1. The summed E-state index contributed by atoms with van der Waals surface area (Å²) < 4.78 is 0. The Hall–Kier alpha value is -3.80. The van der Waals surface area contributed by atoms with Crippen molar-refractivity contribution in [2.45, 2.75) is 13.8 Å². The number of amides is 2. The van der Waals surface area contributed by atoms with Gasteiger partial charge in [-0.2, -0.15) is 0 Å². The van der Waals surface area contributed by atoms with Crippen LogP contribution in [0.2, 0.25) is 0 Å². The van der Waals surface area contributed by atoms with Crippen LogP contribution in [0.4, 0.5) is 11.4 Å². The minimum Gasteiger partial charge on any atom is -0.321 e. The minimum atomic E-state index is -0.467. The highest BCUT2D eigenvalue weighted by Gasteiger charge is 2.13. The van der Waals surface area contributed by atoms with E-state index in [0.29, 0.717) is 16.9 Å². The summed E-state index contributed by atoms with van der Waals surface area (Å²) in [4.78, 5) is 40.5. The molecule has 0 saturated carbocycles. The molecule has 1 heterocycles. The van der Waals surface area contributed by atoms with Gasteiger partial charge in [0.2, 0.25) is 0 Å². The van der Waals surface area contributed by atoms with E-state index >= 15 is 0 Å². The maximum atomic E-state index is 12.5. The predicted molar refractivity (Wildman–Crippen MR) is 108 cm³/mol. The highest BCUT2D eigenvalue weighted by Crippen LogP contribution is 2.14. The van der Waals surface area contributed by atoms with Gasteiger partial charge in [-0.05, 0) is 55.8 Å². The average molecular weight is 373 g/mol. The van der Waals surface area contributed by atoms with Crippen LogP contribution in [0, 0.1) is 6.92 Å². The van der Waals surface area contributed by atoms with Crippen LogP contribution in [-0.2, 0) is 0 Å². The minimum absolute atomic E-state index is 0.0935. The van der Waals surface area contributed by atoms with Gasteiger partial charge in [-0.15, -0.1) is 0 Å². The fourth-order valence-electron chi connectivity index (χ4n) is 2.62. The lowest BCUT2D eigenvalue weighted by Crippen LogP contribution is -2.18. The third-order valence-electron chi connectivity index (χ3n) is 4.02. The number of rotatable bonds is 5. The van der Waals surface area contributed by atoms with Crippen LogP contribution < -0.4 is 10.6 Å². The summed E-state index contributed by atoms with van der Waals surface area (Å²) >= 11 is 0. The van der Waals surface area contributed by atoms with Gasteiger partial charge in [0.15, 0.2) is 5.78 Å². The normalized spacial score (nSPS) is 10.2. The van der Waals surface area contributed by atoms with Gasteiger partial charge < -0.3 is 10.6 Å². The number of aromatic nitrogens is 1. The van der Waals surface area contributed by atoms with E-state index in [9.17, 15) is 14.4 Å². The van der Waals surface area contributed by atoms with Crippen molar-refractivity contribution in [3.05, 3.63) is 89.2 Å². The van der Waals surface area contributed by atoms with E-state index in [1.807, 2.05) is 25.1 Å². The van der Waals surface area contributed by atoms with Gasteiger partial charge in [-0.25, -0.2) is 4.98 Å². The molecule has 0 atom stereocenters. The third kappa shape index (κ3) is 4.67. The second-order valence-electron chi connectivity index (χ2n) is 6.32. The number of nitrogens with zero attached hydrogens (tertiary/aromatic N) is 1. The number of benzene rings is 2. The molecule has 0 fully saturated rings. The molecule has 140 valence electrons. The van der Waals surface area contributed by atoms with Crippen LogP contribution in [0.25, 0.3) is 0 Å². The number of ketones is 1. The van der Waals surface area contributed by atoms with Crippen molar-refractivity contribution >= 4 is 29.0 Å². The quantitative estimate of drug-likeness (QED) is 0.659. The fraction of sp³-hybridized carbons (Fsp3) is 0.0909. The molecule has 0 spiro atoms. The van der Waals surface area contributed by atoms with E-state index < -0.39 is 11.8 Å². The number of pyridine rings is 1. The molecule has 6 nitrogen and oxygen atoms in total. The zero-order valence-corrected chi connectivity index (χ0v) is 15.5. The average Bonchev–Trinajstić information content (AvgIpc) is 2.68. The molecule has 0 saturated heterocycles. The van der Waals surface area contributed by atoms with E-state index in [4.69, 9.17) is 0 Å². The molecule has 1 aromatic heterocycles. The summed E-state index contributed by atoms with van der Waals surface area (Å²) in [5.74, 6) is -0.964. The van der Waals surface area contributed by atoms with E-state index in [0.717, 1.165) is 5.56 Å². The molecular weight excluding hydrogens is 354 g/mol. The summed E-state index contributed by atoms with van der Waals surface area (Å²) in [6.07, 6.45) is 0. The van der Waals surface area contributed by atoms with Crippen LogP contribution in [0.3, 0.4) is 0 Å². The van der Waals surface area contributed by atoms with Crippen LogP contribution in [-0.4, -0.2) is 22.6 Å². The summed E-state index contributed by atoms with van der Waals surface area (Å²) in [7, 11) is 0. The highest BCUT2D eigenvalue weighted by molar-refractivity contribution is 6.06. The molecule has 3 rings (SSSR count). The van der Waals surface area contributed by atoms with Gasteiger partial charge in [0, 0.05) is 16.9 Å². The molecular formula is C22H19N3O3. The van der Waals surface area contributed by atoms with Crippen LogP contribution >= 0.6 is 0 Å². The zero-order valence-electron chi connectivity index (χ0n) is 15.5. The van der Waals surface area contributed by atoms with E-state index in [-0.39, 0.29) is 17.2 Å². The van der Waals surface area contributed by atoms with Gasteiger partial charge in [-0.1, -0.05) is 30.3 Å². The van der Waals surface area contributed by atoms with Crippen molar-refractivity contribution in [2.24, 2.45) is 0 Å². The molecule has 0 unspecified atom stereocenters. The molecule has 2 aromatic carbocycles. The molecule has 2 N–H and O–H groups in total. The maximum absolute atomic E-state index is 12.5. The first-order chi connectivity index (χ1) is 13.4. The summed E-state index contributed by atoms with van der Waals surface area (Å²) in [6, 6.07) is 18.7. The standard InChI is InChI=1S/C22H19N3O3/c1-14-6-3-8-17(12-14)23-21(27)19-10-5-11-20(25-19)22(28)24-18-9-4-7-16(13-18)15(2)26/h3-13H,1-2H3,(H,23,27)(H,24,28). The van der Waals surface area contributed by atoms with Crippen molar-refractivity contribution in [1.29, 1.82) is 0 Å². The van der Waals surface area contributed by atoms with Gasteiger partial charge in [-0.3, -0.25) is 14.4 Å². The van der Waals surface area contributed by atoms with Crippen molar-refractivity contribution in [3.63, 3.8) is 0 Å². The van der Waals surface area contributed by atoms with Gasteiger partial charge >= 0.3 is 0 Å². The van der Waals surface area contributed by atoms with E-state index in [2.05, 4.69) is 15.6 Å². The Balaban J connectivity index is 1.75. The lowest BCUT2D eigenvalue weighted by atomic mass is 10.1. The number of anilines is 2. The Labute approximate surface area is 162 Å². The van der Waals surface area contributed by atoms with Crippen LogP contribution in [0.1, 0.15) is 43.8 Å². The lowest BCUT2D eigenvalue weighted by molar-refractivity contribution is 0.100. The Morgan fingerprint density at radius 1 is 0.750 bits per heavy atom. The SMILES string of the molecule is CC(=O)c1cccc(NC(=O)c2cccc(C(=O)Nc3cccc(C)c3)n2)c1. The molecule has 6 heteroatoms. The van der Waals surface area contributed by atoms with Gasteiger partial charge in [0.05, 0.1) is 0 Å². The monoisotopic (exact) mass is 373 g/mol. The Morgan fingerprint density at radius 2 is 1.29 bits per heavy atom. The first-order valence-electron chi connectivity index (χ1n) is 8.70. The molecule has 0 radical (unpaired) electrons. The third-order valence-corrected chi connectivity index (χ3v) is 4.02. The molecule has 0 aliphatic heterocycles. The van der Waals surface area contributed by atoms with Crippen molar-refractivity contribution in [3.8, 4) is 0 Å². The molecule has 0 bridgehead atoms. The van der Waals surface area contributed by atoms with Crippen molar-refractivity contribution < 1.29 is 14.4 Å². The molecule has 0 aliphatic carbocycles. The van der Waals surface area contributed by atoms with Crippen molar-refractivity contribution in [2.75, 3.05) is 10.6 Å². The number of Topliss-reactive ketones (excluding diaryl/α,β-unsaturated/α-hetero) is 1. The summed E-state index contributed by atoms with van der Waals surface area (Å²) in [5, 5.41) is 5.46. The van der Waals surface area contributed by atoms with E-state index in [1.165, 1.54) is 19.1 Å². The topological polar surface area (TPSA) is 88.2 Å². The first-order valence-corrected chi connectivity index (χ1v) is 8.70. The smallest absolute Gasteiger partial charge is 0.274 e. The molecule has 2 amide bonds. The first kappa shape index (κ1) is 19.0. The van der Waals surface area contributed by atoms with Gasteiger partial charge in [0.25, 0.3) is 11.8 Å². The molecule has 0 aliphatic rings. The van der Waals surface area contributed by atoms with Crippen LogP contribution in [0.5, 0.6) is 0 Å². The maximum Gasteiger partial charge on any atom is 0.274 e. The number of carbonyl (C=O) groups is 3. The largest absolute Gasteiger partial charge is 0.321 e. The Morgan fingerprint density at radius 3 is 1.86 bits per heavy atom. The summed E-state index contributed by atoms with van der Waals surface area (Å²) in [5.41, 5.74) is 2.89. The lowest BCUT2D eigenvalue weighted by Gasteiger charge is -2.08. The van der Waals surface area contributed by atoms with Crippen LogP contribution in [0.15, 0.2) is 66.7 Å². The van der Waals surface area contributed by atoms with Crippen molar-refractivity contribution in [1.82, 2.24) is 4.98 Å². The number of hydrogen-bond acceptors (Lipinski definition) is 4. The zero-order chi connectivity index (χ0) is 20.1. The molecule has 28 heavy (non-hydrogen) atoms. The highest BCUT2D eigenvalue weighted by atomic mass is 16.2. The summed E-state index contributed by atoms with van der Waals surface area (Å²) in [6.45, 7) is 3.39. The molecule has 3 aromatic rings. The predicted octanol–water partition coefficient (Wildman–Crippen LogP) is 4.10. The Kier molecular flexibility index (Phi) is 5.60. The number of nitrogens with one attached hydrogen (secondary N) is 2. The second kappa shape index (κ2) is 8.26. The fourth-order valence-corrected chi connectivity index (χ4v) is 2.62. The van der Waals surface area contributed by atoms with E-state index in [1.54, 1.807) is 36.4 Å². The second-order valence-corrected chi connectivity index (χ2v) is 6.32.